The molecule has 0 aromatic heterocycles. The Balaban J connectivity index is 2.02. The molecule has 5 heteroatoms. The van der Waals surface area contributed by atoms with Gasteiger partial charge in [-0.25, -0.2) is 4.79 Å². The number of hydrogen-bond donors (Lipinski definition) is 1. The highest BCUT2D eigenvalue weighted by atomic mass is 16.6. The zero-order chi connectivity index (χ0) is 13.4. The maximum Gasteiger partial charge on any atom is 0.410 e. The number of amides is 1. The van der Waals surface area contributed by atoms with E-state index < -0.39 is 5.60 Å². The second-order valence-electron chi connectivity index (χ2n) is 6.32. The minimum atomic E-state index is -0.480. The van der Waals surface area contributed by atoms with E-state index in [0.29, 0.717) is 19.7 Å². The lowest BCUT2D eigenvalue weighted by molar-refractivity contribution is -0.0515. The number of aliphatic hydroxyl groups is 1. The van der Waals surface area contributed by atoms with E-state index in [1.54, 1.807) is 4.90 Å². The number of fused-ring (bicyclic) bond motifs is 1. The van der Waals surface area contributed by atoms with Gasteiger partial charge in [-0.05, 0) is 33.6 Å². The molecular formula is C13H23NO4. The first-order chi connectivity index (χ1) is 8.36. The largest absolute Gasteiger partial charge is 0.444 e. The lowest BCUT2D eigenvalue weighted by atomic mass is 9.77. The maximum atomic E-state index is 12.0. The number of piperidine rings is 1. The maximum absolute atomic E-state index is 12.0. The van der Waals surface area contributed by atoms with E-state index in [-0.39, 0.29) is 24.2 Å². The standard InChI is InChI=1S/C13H23NO4/c1-12(2,3)18-11(16)14-6-4-10-13(8-14,9-15)5-7-17-10/h10,15H,4-9H2,1-3H3/t10-,13+/m1/s1. The van der Waals surface area contributed by atoms with Crippen molar-refractivity contribution < 1.29 is 19.4 Å². The van der Waals surface area contributed by atoms with Crippen molar-refractivity contribution in [1.29, 1.82) is 0 Å². The minimum absolute atomic E-state index is 0.0664. The molecule has 2 aliphatic rings. The first-order valence-corrected chi connectivity index (χ1v) is 6.57. The van der Waals surface area contributed by atoms with Gasteiger partial charge in [0.05, 0.1) is 12.7 Å². The zero-order valence-corrected chi connectivity index (χ0v) is 11.4. The molecular weight excluding hydrogens is 234 g/mol. The van der Waals surface area contributed by atoms with Crippen molar-refractivity contribution in [1.82, 2.24) is 4.90 Å². The molecule has 104 valence electrons. The molecule has 0 spiro atoms. The topological polar surface area (TPSA) is 59.0 Å². The highest BCUT2D eigenvalue weighted by molar-refractivity contribution is 5.68. The van der Waals surface area contributed by atoms with Crippen LogP contribution in [-0.4, -0.2) is 54.1 Å². The predicted molar refractivity (Wildman–Crippen MR) is 66.3 cm³/mol. The fraction of sp³-hybridized carbons (Fsp3) is 0.923. The second-order valence-corrected chi connectivity index (χ2v) is 6.32. The number of hydrogen-bond acceptors (Lipinski definition) is 4. The molecule has 2 rings (SSSR count). The average Bonchev–Trinajstić information content (AvgIpc) is 2.69. The molecule has 0 unspecified atom stereocenters. The van der Waals surface area contributed by atoms with Crippen LogP contribution in [0.25, 0.3) is 0 Å². The Morgan fingerprint density at radius 3 is 2.89 bits per heavy atom. The van der Waals surface area contributed by atoms with Gasteiger partial charge >= 0.3 is 6.09 Å². The summed E-state index contributed by atoms with van der Waals surface area (Å²) in [4.78, 5) is 13.7. The Labute approximate surface area is 108 Å². The lowest BCUT2D eigenvalue weighted by Crippen LogP contribution is -2.54. The SMILES string of the molecule is CC(C)(C)OC(=O)N1CC[C@H]2OCC[C@@]2(CO)C1. The monoisotopic (exact) mass is 257 g/mol. The summed E-state index contributed by atoms with van der Waals surface area (Å²) < 4.78 is 11.0. The molecule has 2 saturated heterocycles. The van der Waals surface area contributed by atoms with Gasteiger partial charge in [-0.15, -0.1) is 0 Å². The van der Waals surface area contributed by atoms with Crippen LogP contribution in [-0.2, 0) is 9.47 Å². The third-order valence-corrected chi connectivity index (χ3v) is 3.74. The van der Waals surface area contributed by atoms with Crippen LogP contribution in [0.5, 0.6) is 0 Å². The van der Waals surface area contributed by atoms with Crippen molar-refractivity contribution in [2.24, 2.45) is 5.41 Å². The van der Waals surface area contributed by atoms with E-state index in [0.717, 1.165) is 12.8 Å². The van der Waals surface area contributed by atoms with Crippen molar-refractivity contribution in [3.63, 3.8) is 0 Å². The molecule has 2 fully saturated rings. The van der Waals surface area contributed by atoms with Crippen molar-refractivity contribution in [3.05, 3.63) is 0 Å². The highest BCUT2D eigenvalue weighted by Crippen LogP contribution is 2.40. The normalized spacial score (nSPS) is 32.2. The van der Waals surface area contributed by atoms with E-state index in [1.165, 1.54) is 0 Å². The van der Waals surface area contributed by atoms with Gasteiger partial charge in [-0.3, -0.25) is 0 Å². The number of carbonyl (C=O) groups excluding carboxylic acids is 1. The highest BCUT2D eigenvalue weighted by Gasteiger charge is 2.48. The van der Waals surface area contributed by atoms with Gasteiger partial charge in [-0.1, -0.05) is 0 Å². The number of likely N-dealkylation sites (tertiary alicyclic amines) is 1. The van der Waals surface area contributed by atoms with Crippen molar-refractivity contribution >= 4 is 6.09 Å². The molecule has 0 bridgehead atoms. The summed E-state index contributed by atoms with van der Waals surface area (Å²) in [6, 6.07) is 0. The molecule has 0 saturated carbocycles. The van der Waals surface area contributed by atoms with E-state index >= 15 is 0 Å². The Hall–Kier alpha value is -0.810. The number of rotatable bonds is 1. The van der Waals surface area contributed by atoms with Crippen LogP contribution in [0, 0.1) is 5.41 Å². The van der Waals surface area contributed by atoms with Crippen LogP contribution in [0.4, 0.5) is 4.79 Å². The molecule has 0 radical (unpaired) electrons. The van der Waals surface area contributed by atoms with Crippen LogP contribution in [0.3, 0.4) is 0 Å². The predicted octanol–water partition coefficient (Wildman–Crippen LogP) is 1.39. The number of aliphatic hydroxyl groups excluding tert-OH is 1. The molecule has 0 aromatic rings. The Morgan fingerprint density at radius 1 is 1.56 bits per heavy atom. The third-order valence-electron chi connectivity index (χ3n) is 3.74. The van der Waals surface area contributed by atoms with Crippen LogP contribution >= 0.6 is 0 Å². The molecule has 5 nitrogen and oxygen atoms in total. The molecule has 1 N–H and O–H groups in total. The number of carbonyl (C=O) groups is 1. The van der Waals surface area contributed by atoms with Gasteiger partial charge in [0, 0.05) is 25.1 Å². The van der Waals surface area contributed by atoms with E-state index in [2.05, 4.69) is 0 Å². The summed E-state index contributed by atoms with van der Waals surface area (Å²) in [5, 5.41) is 9.63. The summed E-state index contributed by atoms with van der Waals surface area (Å²) in [6.45, 7) is 7.49. The molecule has 0 aliphatic carbocycles. The summed E-state index contributed by atoms with van der Waals surface area (Å²) in [5.41, 5.74) is -0.762. The fourth-order valence-electron chi connectivity index (χ4n) is 2.76. The molecule has 2 atom stereocenters. The molecule has 0 aromatic carbocycles. The van der Waals surface area contributed by atoms with Crippen LogP contribution in [0.1, 0.15) is 33.6 Å². The van der Waals surface area contributed by atoms with Gasteiger partial charge in [-0.2, -0.15) is 0 Å². The molecule has 18 heavy (non-hydrogen) atoms. The Bertz CT molecular complexity index is 325. The van der Waals surface area contributed by atoms with Crippen molar-refractivity contribution in [3.8, 4) is 0 Å². The van der Waals surface area contributed by atoms with E-state index in [1.807, 2.05) is 20.8 Å². The van der Waals surface area contributed by atoms with Gasteiger partial charge in [0.15, 0.2) is 0 Å². The first-order valence-electron chi connectivity index (χ1n) is 6.57. The third kappa shape index (κ3) is 2.62. The summed E-state index contributed by atoms with van der Waals surface area (Å²) in [6.07, 6.45) is 1.38. The number of ether oxygens (including phenoxy) is 2. The van der Waals surface area contributed by atoms with Gasteiger partial charge < -0.3 is 19.5 Å². The first kappa shape index (κ1) is 13.6. The quantitative estimate of drug-likeness (QED) is 0.771. The van der Waals surface area contributed by atoms with Gasteiger partial charge in [0.2, 0.25) is 0 Å². The summed E-state index contributed by atoms with van der Waals surface area (Å²) in [7, 11) is 0. The lowest BCUT2D eigenvalue weighted by Gasteiger charge is -2.42. The molecule has 2 heterocycles. The molecule has 2 aliphatic heterocycles. The van der Waals surface area contributed by atoms with E-state index in [4.69, 9.17) is 9.47 Å². The smallest absolute Gasteiger partial charge is 0.410 e. The minimum Gasteiger partial charge on any atom is -0.444 e. The zero-order valence-electron chi connectivity index (χ0n) is 11.4. The summed E-state index contributed by atoms with van der Waals surface area (Å²) >= 11 is 0. The van der Waals surface area contributed by atoms with Crippen LogP contribution < -0.4 is 0 Å². The summed E-state index contributed by atoms with van der Waals surface area (Å²) in [5.74, 6) is 0. The van der Waals surface area contributed by atoms with Crippen LogP contribution in [0.15, 0.2) is 0 Å². The Kier molecular flexibility index (Phi) is 3.56. The number of nitrogens with zero attached hydrogens (tertiary/aromatic N) is 1. The Morgan fingerprint density at radius 2 is 2.28 bits per heavy atom. The van der Waals surface area contributed by atoms with Gasteiger partial charge in [0.25, 0.3) is 0 Å². The molecule has 1 amide bonds. The van der Waals surface area contributed by atoms with E-state index in [9.17, 15) is 9.90 Å². The van der Waals surface area contributed by atoms with Crippen LogP contribution in [0.2, 0.25) is 0 Å². The van der Waals surface area contributed by atoms with Crippen molar-refractivity contribution in [2.45, 2.75) is 45.3 Å². The second kappa shape index (κ2) is 4.70. The van der Waals surface area contributed by atoms with Crippen molar-refractivity contribution in [2.75, 3.05) is 26.3 Å². The fourth-order valence-corrected chi connectivity index (χ4v) is 2.76. The average molecular weight is 257 g/mol. The van der Waals surface area contributed by atoms with Gasteiger partial charge in [0.1, 0.15) is 5.60 Å².